The highest BCUT2D eigenvalue weighted by atomic mass is 16.5. The summed E-state index contributed by atoms with van der Waals surface area (Å²) >= 11 is 0. The number of hydrogen-bond acceptors (Lipinski definition) is 5. The van der Waals surface area contributed by atoms with Crippen molar-refractivity contribution in [3.05, 3.63) is 218 Å². The Morgan fingerprint density at radius 2 is 1.13 bits per heavy atom. The number of rotatable bonds is 10. The summed E-state index contributed by atoms with van der Waals surface area (Å²) in [6, 6.07) is 71.1. The van der Waals surface area contributed by atoms with Crippen LogP contribution < -0.4 is 19.9 Å². The number of hydrogen-bond donors (Lipinski definition) is 1. The quantitative estimate of drug-likeness (QED) is 0.149. The Morgan fingerprint density at radius 3 is 1.87 bits per heavy atom. The number of nitrogens with zero attached hydrogens (tertiary/aromatic N) is 4. The van der Waals surface area contributed by atoms with Gasteiger partial charge in [0.2, 0.25) is 0 Å². The van der Waals surface area contributed by atoms with Gasteiger partial charge in [-0.2, -0.15) is 0 Å². The predicted molar refractivity (Wildman–Crippen MR) is 262 cm³/mol. The summed E-state index contributed by atoms with van der Waals surface area (Å²) in [5, 5.41) is 6.09. The van der Waals surface area contributed by atoms with Gasteiger partial charge in [-0.3, -0.25) is 4.98 Å². The minimum atomic E-state index is 0.597. The minimum Gasteiger partial charge on any atom is -0.457 e. The molecule has 10 aromatic rings. The monoisotopic (exact) mass is 815 g/mol. The Bertz CT molecular complexity index is 3210. The van der Waals surface area contributed by atoms with Crippen LogP contribution in [0.15, 0.2) is 206 Å². The summed E-state index contributed by atoms with van der Waals surface area (Å²) in [7, 11) is 0. The number of anilines is 5. The van der Waals surface area contributed by atoms with E-state index in [1.54, 1.807) is 0 Å². The van der Waals surface area contributed by atoms with E-state index in [1.807, 2.05) is 19.2 Å². The summed E-state index contributed by atoms with van der Waals surface area (Å²) in [5.74, 6) is 1.56. The Hall–Kier alpha value is -8.09. The fourth-order valence-electron chi connectivity index (χ4n) is 9.15. The lowest BCUT2D eigenvalue weighted by Gasteiger charge is -2.27. The van der Waals surface area contributed by atoms with E-state index >= 15 is 0 Å². The molecule has 3 heterocycles. The molecular formula is C57H45N5O. The lowest BCUT2D eigenvalue weighted by molar-refractivity contribution is 0.483. The number of fused-ring (bicyclic) bond motifs is 4. The van der Waals surface area contributed by atoms with Crippen LogP contribution in [0.3, 0.4) is 0 Å². The molecule has 8 aromatic carbocycles. The van der Waals surface area contributed by atoms with Gasteiger partial charge < -0.3 is 24.4 Å². The lowest BCUT2D eigenvalue weighted by Crippen LogP contribution is -2.24. The lowest BCUT2D eigenvalue weighted by atomic mass is 9.95. The van der Waals surface area contributed by atoms with Crippen molar-refractivity contribution in [2.75, 3.05) is 21.8 Å². The zero-order valence-corrected chi connectivity index (χ0v) is 35.2. The number of benzene rings is 8. The first-order valence-corrected chi connectivity index (χ1v) is 21.5. The first kappa shape index (κ1) is 37.9. The zero-order valence-electron chi connectivity index (χ0n) is 35.2. The topological polar surface area (TPSA) is 45.6 Å². The van der Waals surface area contributed by atoms with Gasteiger partial charge in [-0.05, 0) is 102 Å². The van der Waals surface area contributed by atoms with Gasteiger partial charge >= 0.3 is 0 Å². The number of pyridine rings is 1. The summed E-state index contributed by atoms with van der Waals surface area (Å²) in [6.07, 6.45) is 1.95. The first-order valence-electron chi connectivity index (χ1n) is 21.5. The maximum atomic E-state index is 6.75. The highest BCUT2D eigenvalue weighted by Gasteiger charge is 2.31. The fraction of sp³-hybridized carbons (Fsp3) is 0.0702. The van der Waals surface area contributed by atoms with E-state index in [0.29, 0.717) is 13.3 Å². The molecule has 0 spiro atoms. The van der Waals surface area contributed by atoms with Crippen LogP contribution >= 0.6 is 0 Å². The van der Waals surface area contributed by atoms with Crippen LogP contribution in [0, 0.1) is 13.8 Å². The highest BCUT2D eigenvalue weighted by molar-refractivity contribution is 6.08. The normalized spacial score (nSPS) is 12.2. The highest BCUT2D eigenvalue weighted by Crippen LogP contribution is 2.50. The maximum absolute atomic E-state index is 6.75. The Kier molecular flexibility index (Phi) is 9.66. The van der Waals surface area contributed by atoms with Crippen molar-refractivity contribution >= 4 is 50.2 Å². The van der Waals surface area contributed by atoms with Crippen LogP contribution in [-0.4, -0.2) is 16.2 Å². The van der Waals surface area contributed by atoms with Gasteiger partial charge in [0.15, 0.2) is 0 Å². The van der Waals surface area contributed by atoms with Crippen molar-refractivity contribution in [1.29, 1.82) is 0 Å². The SMILES string of the molecule is Cc1cc(-c2ccc(NCn3c4ccccc4c4ccc(Oc5cccc(N6CN(c7c(-c8ccccc8)cccc7-c7ccccc7)c7ccccc76)c5)cc43)cc2)c(C)cn1. The Morgan fingerprint density at radius 1 is 0.508 bits per heavy atom. The summed E-state index contributed by atoms with van der Waals surface area (Å²) < 4.78 is 9.09. The van der Waals surface area contributed by atoms with Crippen LogP contribution in [0.2, 0.25) is 0 Å². The molecule has 1 aliphatic rings. The van der Waals surface area contributed by atoms with Crippen molar-refractivity contribution in [1.82, 2.24) is 9.55 Å². The third-order valence-electron chi connectivity index (χ3n) is 12.2. The zero-order chi connectivity index (χ0) is 42.3. The van der Waals surface area contributed by atoms with E-state index in [9.17, 15) is 0 Å². The summed E-state index contributed by atoms with van der Waals surface area (Å²) in [4.78, 5) is 9.30. The van der Waals surface area contributed by atoms with E-state index in [4.69, 9.17) is 4.74 Å². The molecule has 0 saturated carbocycles. The van der Waals surface area contributed by atoms with Crippen LogP contribution in [-0.2, 0) is 6.67 Å². The first-order chi connectivity index (χ1) is 31.1. The molecule has 0 atom stereocenters. The van der Waals surface area contributed by atoms with Crippen LogP contribution in [0.25, 0.3) is 55.2 Å². The number of nitrogens with one attached hydrogen (secondary N) is 1. The minimum absolute atomic E-state index is 0.597. The van der Waals surface area contributed by atoms with Gasteiger partial charge in [0.1, 0.15) is 18.2 Å². The summed E-state index contributed by atoms with van der Waals surface area (Å²) in [6.45, 7) is 5.38. The molecule has 1 aliphatic heterocycles. The van der Waals surface area contributed by atoms with E-state index in [2.05, 4.69) is 226 Å². The molecule has 6 nitrogen and oxygen atoms in total. The molecule has 0 radical (unpaired) electrons. The van der Waals surface area contributed by atoms with Crippen molar-refractivity contribution in [3.8, 4) is 44.9 Å². The molecule has 1 N–H and O–H groups in total. The van der Waals surface area contributed by atoms with E-state index in [1.165, 1.54) is 60.9 Å². The molecule has 6 heteroatoms. The molecule has 63 heavy (non-hydrogen) atoms. The van der Waals surface area contributed by atoms with Crippen molar-refractivity contribution < 1.29 is 4.74 Å². The van der Waals surface area contributed by atoms with Crippen molar-refractivity contribution in [2.24, 2.45) is 0 Å². The average molecular weight is 816 g/mol. The largest absolute Gasteiger partial charge is 0.457 e. The molecule has 0 saturated heterocycles. The fourth-order valence-corrected chi connectivity index (χ4v) is 9.15. The van der Waals surface area contributed by atoms with Crippen molar-refractivity contribution in [3.63, 3.8) is 0 Å². The predicted octanol–water partition coefficient (Wildman–Crippen LogP) is 14.9. The molecule has 0 unspecified atom stereocenters. The summed E-state index contributed by atoms with van der Waals surface area (Å²) in [5.41, 5.74) is 17.2. The van der Waals surface area contributed by atoms with Crippen LogP contribution in [0.1, 0.15) is 11.3 Å². The Labute approximate surface area is 367 Å². The third-order valence-corrected chi connectivity index (χ3v) is 12.2. The third kappa shape index (κ3) is 7.11. The molecule has 0 aliphatic carbocycles. The van der Waals surface area contributed by atoms with E-state index in [0.717, 1.165) is 45.5 Å². The van der Waals surface area contributed by atoms with E-state index in [-0.39, 0.29) is 0 Å². The Balaban J connectivity index is 0.900. The number of aromatic nitrogens is 2. The van der Waals surface area contributed by atoms with Gasteiger partial charge in [0, 0.05) is 57.3 Å². The van der Waals surface area contributed by atoms with Gasteiger partial charge in [-0.25, -0.2) is 0 Å². The molecule has 0 bridgehead atoms. The van der Waals surface area contributed by atoms with Gasteiger partial charge in [-0.1, -0.05) is 127 Å². The maximum Gasteiger partial charge on any atom is 0.129 e. The average Bonchev–Trinajstić information content (AvgIpc) is 3.88. The van der Waals surface area contributed by atoms with Crippen LogP contribution in [0.5, 0.6) is 11.5 Å². The number of para-hydroxylation sites is 4. The second-order valence-electron chi connectivity index (χ2n) is 16.2. The van der Waals surface area contributed by atoms with Gasteiger partial charge in [0.05, 0.1) is 34.8 Å². The van der Waals surface area contributed by atoms with Crippen molar-refractivity contribution in [2.45, 2.75) is 20.5 Å². The van der Waals surface area contributed by atoms with Gasteiger partial charge in [-0.15, -0.1) is 0 Å². The van der Waals surface area contributed by atoms with Gasteiger partial charge in [0.25, 0.3) is 0 Å². The molecule has 0 amide bonds. The molecule has 11 rings (SSSR count). The number of ether oxygens (including phenoxy) is 1. The smallest absolute Gasteiger partial charge is 0.129 e. The standard InChI is InChI=1S/C57H45N5O/c1-39-36-58-40(2)33-52(39)43-27-29-44(30-28-43)59-37-60-53-24-10-9-21-50(53)51-32-31-47(35-56(51)60)63-46-20-13-19-45(34-46)61-38-62(55-26-12-11-25-54(55)61)57-48(41-15-5-3-6-16-41)22-14-23-49(57)42-17-7-4-8-18-42/h3-36,59H,37-38H2,1-2H3. The molecule has 2 aromatic heterocycles. The second kappa shape index (κ2) is 16.1. The van der Waals surface area contributed by atoms with E-state index < -0.39 is 0 Å². The molecular weight excluding hydrogens is 771 g/mol. The van der Waals surface area contributed by atoms with Crippen LogP contribution in [0.4, 0.5) is 28.4 Å². The second-order valence-corrected chi connectivity index (χ2v) is 16.2. The molecule has 304 valence electrons. The number of aryl methyl sites for hydroxylation is 2. The molecule has 0 fully saturated rings.